The van der Waals surface area contributed by atoms with Crippen molar-refractivity contribution in [2.75, 3.05) is 25.2 Å². The number of nitrogens with zero attached hydrogens (tertiary/aromatic N) is 1. The summed E-state index contributed by atoms with van der Waals surface area (Å²) in [5.74, 6) is 0.437. The van der Waals surface area contributed by atoms with E-state index in [9.17, 15) is 9.90 Å². The summed E-state index contributed by atoms with van der Waals surface area (Å²) in [4.78, 5) is 13.8. The van der Waals surface area contributed by atoms with Crippen LogP contribution in [0.2, 0.25) is 0 Å². The number of hydrogen-bond acceptors (Lipinski definition) is 3. The Morgan fingerprint density at radius 3 is 2.58 bits per heavy atom. The lowest BCUT2D eigenvalue weighted by molar-refractivity contribution is -0.123. The topological polar surface area (TPSA) is 49.8 Å². The maximum atomic E-state index is 12.2. The number of carbonyl (C=O) groups excluding carboxylic acids is 1. The average Bonchev–Trinajstić information content (AvgIpc) is 2.41. The van der Waals surface area contributed by atoms with Gasteiger partial charge in [0.1, 0.15) is 5.75 Å². The van der Waals surface area contributed by atoms with E-state index >= 15 is 0 Å². The van der Waals surface area contributed by atoms with Gasteiger partial charge >= 0.3 is 0 Å². The normalized spacial score (nSPS) is 12.1. The molecule has 1 atom stereocenters. The molecule has 1 rings (SSSR count). The van der Waals surface area contributed by atoms with Crippen LogP contribution in [0.25, 0.3) is 0 Å². The Morgan fingerprint density at radius 2 is 2.11 bits per heavy atom. The quantitative estimate of drug-likeness (QED) is 0.859. The number of benzene rings is 1. The Morgan fingerprint density at radius 1 is 1.42 bits per heavy atom. The summed E-state index contributed by atoms with van der Waals surface area (Å²) in [5.41, 5.74) is 1.81. The number of aliphatic hydroxyl groups excluding tert-OH is 1. The number of ether oxygens (including phenoxy) is 1. The van der Waals surface area contributed by atoms with Gasteiger partial charge in [0.05, 0.1) is 19.1 Å². The molecule has 1 unspecified atom stereocenters. The molecule has 4 heteroatoms. The van der Waals surface area contributed by atoms with E-state index in [4.69, 9.17) is 4.74 Å². The number of anilines is 1. The summed E-state index contributed by atoms with van der Waals surface area (Å²) in [6, 6.07) is 5.66. The number of aryl methyl sites for hydroxylation is 1. The van der Waals surface area contributed by atoms with Gasteiger partial charge in [0.25, 0.3) is 0 Å². The minimum atomic E-state index is -0.336. The second kappa shape index (κ2) is 7.14. The highest BCUT2D eigenvalue weighted by atomic mass is 16.5. The molecule has 0 aliphatic rings. The summed E-state index contributed by atoms with van der Waals surface area (Å²) >= 11 is 0. The standard InChI is InChI=1S/C15H23NO3/c1-5-12(10-17)15(18)16(4)13-7-8-14(19-6-2)11(3)9-13/h7-9,12,17H,5-6,10H2,1-4H3. The zero-order valence-corrected chi connectivity index (χ0v) is 12.1. The first-order valence-corrected chi connectivity index (χ1v) is 6.66. The molecule has 0 bridgehead atoms. The molecule has 0 spiro atoms. The van der Waals surface area contributed by atoms with Gasteiger partial charge in [-0.15, -0.1) is 0 Å². The molecule has 0 fully saturated rings. The predicted octanol–water partition coefficient (Wildman–Crippen LogP) is 2.38. The third-order valence-electron chi connectivity index (χ3n) is 3.24. The molecule has 4 nitrogen and oxygen atoms in total. The summed E-state index contributed by atoms with van der Waals surface area (Å²) < 4.78 is 5.48. The lowest BCUT2D eigenvalue weighted by Crippen LogP contribution is -2.34. The lowest BCUT2D eigenvalue weighted by atomic mass is 10.1. The van der Waals surface area contributed by atoms with Gasteiger partial charge in [-0.2, -0.15) is 0 Å². The Bertz CT molecular complexity index is 427. The maximum Gasteiger partial charge on any atom is 0.232 e. The van der Waals surface area contributed by atoms with Crippen molar-refractivity contribution in [3.05, 3.63) is 23.8 Å². The molecular weight excluding hydrogens is 242 g/mol. The molecule has 19 heavy (non-hydrogen) atoms. The number of hydrogen-bond donors (Lipinski definition) is 1. The molecule has 1 aromatic carbocycles. The van der Waals surface area contributed by atoms with E-state index < -0.39 is 0 Å². The van der Waals surface area contributed by atoms with Gasteiger partial charge in [-0.3, -0.25) is 4.79 Å². The van der Waals surface area contributed by atoms with E-state index in [1.54, 1.807) is 11.9 Å². The lowest BCUT2D eigenvalue weighted by Gasteiger charge is -2.22. The summed E-state index contributed by atoms with van der Waals surface area (Å²) in [6.07, 6.45) is 0.635. The van der Waals surface area contributed by atoms with E-state index in [-0.39, 0.29) is 18.4 Å². The van der Waals surface area contributed by atoms with Crippen molar-refractivity contribution in [2.24, 2.45) is 5.92 Å². The van der Waals surface area contributed by atoms with Crippen molar-refractivity contribution in [1.82, 2.24) is 0 Å². The molecule has 0 saturated carbocycles. The Balaban J connectivity index is 2.91. The number of aliphatic hydroxyl groups is 1. The molecule has 1 amide bonds. The number of amides is 1. The third-order valence-corrected chi connectivity index (χ3v) is 3.24. The first-order chi connectivity index (χ1) is 9.04. The monoisotopic (exact) mass is 265 g/mol. The van der Waals surface area contributed by atoms with Gasteiger partial charge in [-0.25, -0.2) is 0 Å². The number of carbonyl (C=O) groups is 1. The first-order valence-electron chi connectivity index (χ1n) is 6.66. The second-order valence-corrected chi connectivity index (χ2v) is 4.57. The molecule has 1 aromatic rings. The highest BCUT2D eigenvalue weighted by Crippen LogP contribution is 2.25. The summed E-state index contributed by atoms with van der Waals surface area (Å²) in [5, 5.41) is 9.19. The average molecular weight is 265 g/mol. The van der Waals surface area contributed by atoms with Crippen LogP contribution in [0.4, 0.5) is 5.69 Å². The molecular formula is C15H23NO3. The minimum Gasteiger partial charge on any atom is -0.494 e. The van der Waals surface area contributed by atoms with Crippen LogP contribution >= 0.6 is 0 Å². The van der Waals surface area contributed by atoms with Crippen molar-refractivity contribution in [3.63, 3.8) is 0 Å². The fourth-order valence-electron chi connectivity index (χ4n) is 1.94. The third kappa shape index (κ3) is 3.70. The fourth-order valence-corrected chi connectivity index (χ4v) is 1.94. The van der Waals surface area contributed by atoms with Crippen molar-refractivity contribution in [3.8, 4) is 5.75 Å². The predicted molar refractivity (Wildman–Crippen MR) is 76.6 cm³/mol. The van der Waals surface area contributed by atoms with Crippen LogP contribution in [0.15, 0.2) is 18.2 Å². The van der Waals surface area contributed by atoms with Crippen LogP contribution in [0.5, 0.6) is 5.75 Å². The van der Waals surface area contributed by atoms with E-state index in [0.29, 0.717) is 13.0 Å². The van der Waals surface area contributed by atoms with Crippen LogP contribution in [0.1, 0.15) is 25.8 Å². The van der Waals surface area contributed by atoms with E-state index in [1.165, 1.54) is 0 Å². The van der Waals surface area contributed by atoms with Crippen LogP contribution < -0.4 is 9.64 Å². The van der Waals surface area contributed by atoms with Gasteiger partial charge < -0.3 is 14.7 Å². The van der Waals surface area contributed by atoms with Crippen molar-refractivity contribution in [2.45, 2.75) is 27.2 Å². The zero-order valence-electron chi connectivity index (χ0n) is 12.1. The number of rotatable bonds is 6. The molecule has 0 aliphatic carbocycles. The van der Waals surface area contributed by atoms with E-state index in [2.05, 4.69) is 0 Å². The van der Waals surface area contributed by atoms with Crippen LogP contribution in [0.3, 0.4) is 0 Å². The van der Waals surface area contributed by atoms with Gasteiger partial charge in [-0.1, -0.05) is 6.92 Å². The highest BCUT2D eigenvalue weighted by molar-refractivity contribution is 5.94. The van der Waals surface area contributed by atoms with Gasteiger partial charge in [0, 0.05) is 12.7 Å². The maximum absolute atomic E-state index is 12.2. The Kier molecular flexibility index (Phi) is 5.83. The molecule has 1 N–H and O–H groups in total. The molecule has 0 heterocycles. The smallest absolute Gasteiger partial charge is 0.232 e. The molecule has 0 aromatic heterocycles. The first kappa shape index (κ1) is 15.5. The van der Waals surface area contributed by atoms with Crippen LogP contribution in [-0.2, 0) is 4.79 Å². The largest absolute Gasteiger partial charge is 0.494 e. The fraction of sp³-hybridized carbons (Fsp3) is 0.533. The highest BCUT2D eigenvalue weighted by Gasteiger charge is 2.20. The van der Waals surface area contributed by atoms with Crippen molar-refractivity contribution >= 4 is 11.6 Å². The van der Waals surface area contributed by atoms with E-state index in [1.807, 2.05) is 39.0 Å². The molecule has 0 radical (unpaired) electrons. The van der Waals surface area contributed by atoms with Crippen molar-refractivity contribution in [1.29, 1.82) is 0 Å². The minimum absolute atomic E-state index is 0.0615. The summed E-state index contributed by atoms with van der Waals surface area (Å²) in [6.45, 7) is 6.30. The summed E-state index contributed by atoms with van der Waals surface area (Å²) in [7, 11) is 1.73. The van der Waals surface area contributed by atoms with E-state index in [0.717, 1.165) is 17.0 Å². The SMILES string of the molecule is CCOc1ccc(N(C)C(=O)C(CC)CO)cc1C. The van der Waals surface area contributed by atoms with Crippen molar-refractivity contribution < 1.29 is 14.6 Å². The second-order valence-electron chi connectivity index (χ2n) is 4.57. The molecule has 0 aliphatic heterocycles. The Labute approximate surface area is 115 Å². The van der Waals surface area contributed by atoms with Crippen LogP contribution in [-0.4, -0.2) is 31.3 Å². The van der Waals surface area contributed by atoms with Gasteiger partial charge in [0.2, 0.25) is 5.91 Å². The van der Waals surface area contributed by atoms with Gasteiger partial charge in [-0.05, 0) is 44.0 Å². The van der Waals surface area contributed by atoms with Crippen LogP contribution in [0, 0.1) is 12.8 Å². The Hall–Kier alpha value is -1.55. The molecule has 106 valence electrons. The molecule has 0 saturated heterocycles. The van der Waals surface area contributed by atoms with Gasteiger partial charge in [0.15, 0.2) is 0 Å². The zero-order chi connectivity index (χ0) is 14.4.